The van der Waals surface area contributed by atoms with Gasteiger partial charge in [0.15, 0.2) is 0 Å². The van der Waals surface area contributed by atoms with Crippen LogP contribution in [0.4, 0.5) is 0 Å². The average molecular weight is 243 g/mol. The quantitative estimate of drug-likeness (QED) is 0.740. The van der Waals surface area contributed by atoms with Gasteiger partial charge in [0.2, 0.25) is 11.8 Å². The minimum absolute atomic E-state index is 0.0114. The molecule has 1 atom stereocenters. The Balaban J connectivity index is 1.65. The molecule has 2 fully saturated rings. The molecule has 0 radical (unpaired) electrons. The van der Waals surface area contributed by atoms with E-state index in [1.807, 2.05) is 0 Å². The average Bonchev–Trinajstić information content (AvgIpc) is 2.88. The van der Waals surface area contributed by atoms with Crippen LogP contribution >= 0.6 is 11.8 Å². The fraction of sp³-hybridized carbons (Fsp3) is 0.818. The third kappa shape index (κ3) is 2.98. The number of carbonyl (C=O) groups excluding carboxylic acids is 2. The summed E-state index contributed by atoms with van der Waals surface area (Å²) in [6.45, 7) is 1.46. The van der Waals surface area contributed by atoms with Gasteiger partial charge in [-0.05, 0) is 19.3 Å². The van der Waals surface area contributed by atoms with Gasteiger partial charge >= 0.3 is 0 Å². The molecule has 2 aliphatic heterocycles. The van der Waals surface area contributed by atoms with Crippen LogP contribution in [-0.2, 0) is 14.3 Å². The van der Waals surface area contributed by atoms with Crippen LogP contribution < -0.4 is 0 Å². The van der Waals surface area contributed by atoms with Gasteiger partial charge in [-0.3, -0.25) is 14.5 Å². The van der Waals surface area contributed by atoms with Gasteiger partial charge in [0.25, 0.3) is 0 Å². The fourth-order valence-electron chi connectivity index (χ4n) is 2.04. The van der Waals surface area contributed by atoms with Gasteiger partial charge in [0.05, 0.1) is 11.9 Å². The van der Waals surface area contributed by atoms with Crippen LogP contribution in [0.2, 0.25) is 0 Å². The maximum atomic E-state index is 11.7. The predicted octanol–water partition coefficient (Wildman–Crippen LogP) is 1.05. The van der Waals surface area contributed by atoms with Crippen molar-refractivity contribution in [3.05, 3.63) is 0 Å². The van der Waals surface area contributed by atoms with E-state index in [0.717, 1.165) is 31.6 Å². The second-order valence-corrected chi connectivity index (χ2v) is 5.22. The molecule has 0 aliphatic carbocycles. The van der Waals surface area contributed by atoms with Gasteiger partial charge in [-0.2, -0.15) is 0 Å². The van der Waals surface area contributed by atoms with Crippen LogP contribution in [-0.4, -0.2) is 47.5 Å². The first-order valence-corrected chi connectivity index (χ1v) is 6.95. The number of hydrogen-bond donors (Lipinski definition) is 0. The summed E-state index contributed by atoms with van der Waals surface area (Å²) in [4.78, 5) is 24.4. The summed E-state index contributed by atoms with van der Waals surface area (Å²) in [5.74, 6) is 1.23. The molecule has 2 amide bonds. The summed E-state index contributed by atoms with van der Waals surface area (Å²) in [5, 5.41) is 0. The number of carbonyl (C=O) groups is 2. The second-order valence-electron chi connectivity index (χ2n) is 4.19. The topological polar surface area (TPSA) is 46.6 Å². The second kappa shape index (κ2) is 5.68. The van der Waals surface area contributed by atoms with Crippen molar-refractivity contribution in [1.82, 2.24) is 4.90 Å². The largest absolute Gasteiger partial charge is 0.377 e. The number of rotatable bonds is 4. The van der Waals surface area contributed by atoms with Crippen molar-refractivity contribution in [2.45, 2.75) is 31.8 Å². The predicted molar refractivity (Wildman–Crippen MR) is 62.3 cm³/mol. The Bertz CT molecular complexity index is 276. The molecule has 2 aliphatic rings. The number of ether oxygens (including phenoxy) is 1. The van der Waals surface area contributed by atoms with Crippen LogP contribution in [0.5, 0.6) is 0 Å². The van der Waals surface area contributed by atoms with Crippen LogP contribution in [0.1, 0.15) is 25.7 Å². The first-order chi connectivity index (χ1) is 7.77. The van der Waals surface area contributed by atoms with Crippen molar-refractivity contribution in [2.75, 3.05) is 24.7 Å². The van der Waals surface area contributed by atoms with Gasteiger partial charge < -0.3 is 4.74 Å². The first kappa shape index (κ1) is 11.9. The number of imide groups is 1. The van der Waals surface area contributed by atoms with E-state index in [4.69, 9.17) is 4.74 Å². The van der Waals surface area contributed by atoms with E-state index in [0.29, 0.717) is 24.8 Å². The maximum Gasteiger partial charge on any atom is 0.239 e. The first-order valence-electron chi connectivity index (χ1n) is 5.80. The normalized spacial score (nSPS) is 25.4. The van der Waals surface area contributed by atoms with Crippen LogP contribution in [0.15, 0.2) is 0 Å². The van der Waals surface area contributed by atoms with Crippen molar-refractivity contribution in [1.29, 1.82) is 0 Å². The van der Waals surface area contributed by atoms with Crippen molar-refractivity contribution in [3.63, 3.8) is 0 Å². The Labute approximate surface area is 99.7 Å². The van der Waals surface area contributed by atoms with Crippen molar-refractivity contribution in [3.8, 4) is 0 Å². The van der Waals surface area contributed by atoms with Gasteiger partial charge in [-0.1, -0.05) is 0 Å². The van der Waals surface area contributed by atoms with Crippen LogP contribution in [0.25, 0.3) is 0 Å². The van der Waals surface area contributed by atoms with Crippen LogP contribution in [0.3, 0.4) is 0 Å². The van der Waals surface area contributed by atoms with E-state index < -0.39 is 0 Å². The van der Waals surface area contributed by atoms with E-state index in [1.165, 1.54) is 4.90 Å². The summed E-state index contributed by atoms with van der Waals surface area (Å²) >= 11 is 1.58. The highest BCUT2D eigenvalue weighted by Gasteiger charge is 2.26. The molecule has 2 saturated heterocycles. The lowest BCUT2D eigenvalue weighted by atomic mass is 10.3. The molecule has 0 aromatic carbocycles. The highest BCUT2D eigenvalue weighted by atomic mass is 32.2. The third-order valence-corrected chi connectivity index (χ3v) is 3.99. The molecule has 0 bridgehead atoms. The summed E-state index contributed by atoms with van der Waals surface area (Å²) < 4.78 is 5.47. The monoisotopic (exact) mass is 243 g/mol. The molecule has 0 unspecified atom stereocenters. The zero-order valence-electron chi connectivity index (χ0n) is 9.31. The molecular weight excluding hydrogens is 226 g/mol. The Morgan fingerprint density at radius 3 is 3.00 bits per heavy atom. The zero-order chi connectivity index (χ0) is 11.4. The summed E-state index contributed by atoms with van der Waals surface area (Å²) in [5.41, 5.74) is 0. The van der Waals surface area contributed by atoms with E-state index in [9.17, 15) is 9.59 Å². The lowest BCUT2D eigenvalue weighted by Gasteiger charge is -2.14. The van der Waals surface area contributed by atoms with E-state index in [1.54, 1.807) is 11.8 Å². The Hall–Kier alpha value is -0.550. The molecule has 2 rings (SSSR count). The van der Waals surface area contributed by atoms with Gasteiger partial charge in [-0.25, -0.2) is 0 Å². The summed E-state index contributed by atoms with van der Waals surface area (Å²) in [6.07, 6.45) is 3.89. The molecule has 0 N–H and O–H groups in total. The highest BCUT2D eigenvalue weighted by Crippen LogP contribution is 2.18. The summed E-state index contributed by atoms with van der Waals surface area (Å²) in [6, 6.07) is 0. The number of thioether (sulfide) groups is 1. The number of nitrogens with zero attached hydrogens (tertiary/aromatic N) is 1. The fourth-order valence-corrected chi connectivity index (χ4v) is 3.02. The molecule has 16 heavy (non-hydrogen) atoms. The lowest BCUT2D eigenvalue weighted by molar-refractivity contribution is -0.140. The lowest BCUT2D eigenvalue weighted by Crippen LogP contribution is -2.33. The van der Waals surface area contributed by atoms with Crippen LogP contribution in [0, 0.1) is 0 Å². The molecule has 2 heterocycles. The minimum Gasteiger partial charge on any atom is -0.377 e. The van der Waals surface area contributed by atoms with E-state index in [2.05, 4.69) is 0 Å². The molecule has 0 spiro atoms. The van der Waals surface area contributed by atoms with E-state index >= 15 is 0 Å². The SMILES string of the molecule is O=C1CCCN1C(=O)CSC[C@H]1CCCO1. The summed E-state index contributed by atoms with van der Waals surface area (Å²) in [7, 11) is 0. The van der Waals surface area contributed by atoms with Gasteiger partial charge in [0.1, 0.15) is 0 Å². The number of likely N-dealkylation sites (tertiary alicyclic amines) is 1. The molecule has 4 nitrogen and oxygen atoms in total. The standard InChI is InChI=1S/C11H17NO3S/c13-10-4-1-5-12(10)11(14)8-16-7-9-3-2-6-15-9/h9H,1-8H2/t9-/m1/s1. The Morgan fingerprint density at radius 2 is 2.38 bits per heavy atom. The van der Waals surface area contributed by atoms with Gasteiger partial charge in [0, 0.05) is 25.3 Å². The molecule has 90 valence electrons. The van der Waals surface area contributed by atoms with Gasteiger partial charge in [-0.15, -0.1) is 11.8 Å². The van der Waals surface area contributed by atoms with Crippen molar-refractivity contribution < 1.29 is 14.3 Å². The molecule has 5 heteroatoms. The molecule has 0 saturated carbocycles. The molecule has 0 aromatic heterocycles. The van der Waals surface area contributed by atoms with Crippen molar-refractivity contribution in [2.24, 2.45) is 0 Å². The van der Waals surface area contributed by atoms with Crippen molar-refractivity contribution >= 4 is 23.6 Å². The zero-order valence-corrected chi connectivity index (χ0v) is 10.1. The number of hydrogen-bond acceptors (Lipinski definition) is 4. The third-order valence-electron chi connectivity index (χ3n) is 2.93. The Kier molecular flexibility index (Phi) is 4.23. The van der Waals surface area contributed by atoms with E-state index in [-0.39, 0.29) is 11.8 Å². The highest BCUT2D eigenvalue weighted by molar-refractivity contribution is 7.99. The minimum atomic E-state index is -0.0366. The molecular formula is C11H17NO3S. The molecule has 0 aromatic rings. The smallest absolute Gasteiger partial charge is 0.239 e. The maximum absolute atomic E-state index is 11.7. The Morgan fingerprint density at radius 1 is 1.50 bits per heavy atom. The number of amides is 2.